The summed E-state index contributed by atoms with van der Waals surface area (Å²) in [5.41, 5.74) is 12.4. The first-order chi connectivity index (χ1) is 9.28. The second-order valence-corrected chi connectivity index (χ2v) is 5.61. The SMILES string of the molecule is Cc1cc(CN)ccc1-c1cccc(C2CCC2)c1. The largest absolute Gasteiger partial charge is 0.326 e. The Morgan fingerprint density at radius 2 is 1.95 bits per heavy atom. The van der Waals surface area contributed by atoms with Crippen LogP contribution in [0.2, 0.25) is 0 Å². The summed E-state index contributed by atoms with van der Waals surface area (Å²) < 4.78 is 0. The zero-order valence-corrected chi connectivity index (χ0v) is 11.5. The molecule has 1 heteroatoms. The average molecular weight is 251 g/mol. The molecule has 1 nitrogen and oxygen atoms in total. The van der Waals surface area contributed by atoms with Crippen LogP contribution in [-0.2, 0) is 6.54 Å². The Bertz CT molecular complexity index is 582. The Kier molecular flexibility index (Phi) is 3.39. The van der Waals surface area contributed by atoms with Crippen molar-refractivity contribution < 1.29 is 0 Å². The zero-order valence-electron chi connectivity index (χ0n) is 11.5. The van der Waals surface area contributed by atoms with Crippen molar-refractivity contribution in [3.05, 3.63) is 59.2 Å². The number of rotatable bonds is 3. The van der Waals surface area contributed by atoms with E-state index >= 15 is 0 Å². The second-order valence-electron chi connectivity index (χ2n) is 5.61. The van der Waals surface area contributed by atoms with E-state index in [-0.39, 0.29) is 0 Å². The normalized spacial score (nSPS) is 15.3. The first-order valence-electron chi connectivity index (χ1n) is 7.18. The lowest BCUT2D eigenvalue weighted by atomic mass is 9.79. The van der Waals surface area contributed by atoms with Gasteiger partial charge in [0.25, 0.3) is 0 Å². The zero-order chi connectivity index (χ0) is 13.2. The van der Waals surface area contributed by atoms with Crippen LogP contribution in [0.5, 0.6) is 0 Å². The van der Waals surface area contributed by atoms with Crippen LogP contribution in [0.4, 0.5) is 0 Å². The molecule has 1 fully saturated rings. The molecule has 1 aliphatic rings. The summed E-state index contributed by atoms with van der Waals surface area (Å²) in [5, 5.41) is 0. The first kappa shape index (κ1) is 12.4. The second kappa shape index (κ2) is 5.18. The van der Waals surface area contributed by atoms with E-state index in [1.807, 2.05) is 0 Å². The van der Waals surface area contributed by atoms with Crippen molar-refractivity contribution in [3.8, 4) is 11.1 Å². The van der Waals surface area contributed by atoms with Crippen LogP contribution in [0, 0.1) is 6.92 Å². The topological polar surface area (TPSA) is 26.0 Å². The number of hydrogen-bond acceptors (Lipinski definition) is 1. The Hall–Kier alpha value is -1.60. The van der Waals surface area contributed by atoms with Crippen molar-refractivity contribution in [2.45, 2.75) is 38.6 Å². The van der Waals surface area contributed by atoms with Crippen molar-refractivity contribution in [1.82, 2.24) is 0 Å². The molecule has 0 aliphatic heterocycles. The van der Waals surface area contributed by atoms with Crippen LogP contribution in [0.3, 0.4) is 0 Å². The third-order valence-corrected chi connectivity index (χ3v) is 4.30. The highest BCUT2D eigenvalue weighted by Gasteiger charge is 2.19. The maximum atomic E-state index is 5.70. The van der Waals surface area contributed by atoms with E-state index in [1.165, 1.54) is 47.1 Å². The van der Waals surface area contributed by atoms with Gasteiger partial charge in [0.05, 0.1) is 0 Å². The molecule has 0 atom stereocenters. The quantitative estimate of drug-likeness (QED) is 0.860. The third-order valence-electron chi connectivity index (χ3n) is 4.30. The lowest BCUT2D eigenvalue weighted by Crippen LogP contribution is -2.08. The summed E-state index contributed by atoms with van der Waals surface area (Å²) in [6, 6.07) is 15.6. The summed E-state index contributed by atoms with van der Waals surface area (Å²) in [6.07, 6.45) is 4.10. The maximum absolute atomic E-state index is 5.70. The standard InChI is InChI=1S/C18H21N/c1-13-10-14(12-19)8-9-18(13)17-7-3-6-16(11-17)15-4-2-5-15/h3,6-11,15H,2,4-5,12,19H2,1H3. The third kappa shape index (κ3) is 2.43. The molecule has 19 heavy (non-hydrogen) atoms. The van der Waals surface area contributed by atoms with Gasteiger partial charge in [-0.1, -0.05) is 48.9 Å². The number of aryl methyl sites for hydroxylation is 1. The van der Waals surface area contributed by atoms with E-state index < -0.39 is 0 Å². The van der Waals surface area contributed by atoms with Gasteiger partial charge in [0.2, 0.25) is 0 Å². The number of nitrogens with two attached hydrogens (primary N) is 1. The van der Waals surface area contributed by atoms with Crippen LogP contribution in [0.15, 0.2) is 42.5 Å². The molecular weight excluding hydrogens is 230 g/mol. The molecule has 0 bridgehead atoms. The first-order valence-corrected chi connectivity index (χ1v) is 7.18. The highest BCUT2D eigenvalue weighted by atomic mass is 14.5. The monoisotopic (exact) mass is 251 g/mol. The van der Waals surface area contributed by atoms with Crippen LogP contribution in [0.25, 0.3) is 11.1 Å². The predicted molar refractivity (Wildman–Crippen MR) is 81.1 cm³/mol. The lowest BCUT2D eigenvalue weighted by molar-refractivity contribution is 0.420. The lowest BCUT2D eigenvalue weighted by Gasteiger charge is -2.26. The van der Waals surface area contributed by atoms with Crippen LogP contribution < -0.4 is 5.73 Å². The van der Waals surface area contributed by atoms with E-state index in [4.69, 9.17) is 5.73 Å². The van der Waals surface area contributed by atoms with Crippen molar-refractivity contribution in [1.29, 1.82) is 0 Å². The Balaban J connectivity index is 1.97. The Labute approximate surface area is 115 Å². The summed E-state index contributed by atoms with van der Waals surface area (Å²) >= 11 is 0. The smallest absolute Gasteiger partial charge is 0.0178 e. The van der Waals surface area contributed by atoms with Gasteiger partial charge in [-0.3, -0.25) is 0 Å². The molecular formula is C18H21N. The van der Waals surface area contributed by atoms with E-state index in [0.717, 1.165) is 5.92 Å². The summed E-state index contributed by atoms with van der Waals surface area (Å²) in [4.78, 5) is 0. The summed E-state index contributed by atoms with van der Waals surface area (Å²) in [7, 11) is 0. The van der Waals surface area contributed by atoms with Gasteiger partial charge >= 0.3 is 0 Å². The summed E-state index contributed by atoms with van der Waals surface area (Å²) in [5.74, 6) is 0.795. The van der Waals surface area contributed by atoms with E-state index in [0.29, 0.717) is 6.54 Å². The molecule has 1 aliphatic carbocycles. The molecule has 2 aromatic carbocycles. The molecule has 3 rings (SSSR count). The highest BCUT2D eigenvalue weighted by Crippen LogP contribution is 2.38. The molecule has 0 spiro atoms. The van der Waals surface area contributed by atoms with Gasteiger partial charge in [-0.05, 0) is 53.5 Å². The van der Waals surface area contributed by atoms with Gasteiger partial charge in [-0.15, -0.1) is 0 Å². The molecule has 0 aromatic heterocycles. The van der Waals surface area contributed by atoms with E-state index in [9.17, 15) is 0 Å². The minimum absolute atomic E-state index is 0.614. The fraction of sp³-hybridized carbons (Fsp3) is 0.333. The van der Waals surface area contributed by atoms with Gasteiger partial charge in [-0.2, -0.15) is 0 Å². The molecule has 0 saturated heterocycles. The molecule has 0 amide bonds. The van der Waals surface area contributed by atoms with Crippen molar-refractivity contribution in [2.75, 3.05) is 0 Å². The predicted octanol–water partition coefficient (Wildman–Crippen LogP) is 4.39. The fourth-order valence-corrected chi connectivity index (χ4v) is 2.88. The van der Waals surface area contributed by atoms with Crippen LogP contribution in [0.1, 0.15) is 41.9 Å². The molecule has 0 unspecified atom stereocenters. The number of benzene rings is 2. The van der Waals surface area contributed by atoms with Gasteiger partial charge in [0, 0.05) is 6.54 Å². The Morgan fingerprint density at radius 3 is 2.58 bits per heavy atom. The van der Waals surface area contributed by atoms with Crippen molar-refractivity contribution in [2.24, 2.45) is 5.73 Å². The van der Waals surface area contributed by atoms with Crippen LogP contribution >= 0.6 is 0 Å². The molecule has 1 saturated carbocycles. The molecule has 98 valence electrons. The molecule has 2 aromatic rings. The minimum atomic E-state index is 0.614. The highest BCUT2D eigenvalue weighted by molar-refractivity contribution is 5.68. The summed E-state index contributed by atoms with van der Waals surface area (Å²) in [6.45, 7) is 2.79. The maximum Gasteiger partial charge on any atom is 0.0178 e. The molecule has 0 heterocycles. The van der Waals surface area contributed by atoms with Crippen LogP contribution in [-0.4, -0.2) is 0 Å². The van der Waals surface area contributed by atoms with E-state index in [2.05, 4.69) is 49.4 Å². The molecule has 2 N–H and O–H groups in total. The molecule has 0 radical (unpaired) electrons. The van der Waals surface area contributed by atoms with E-state index in [1.54, 1.807) is 0 Å². The van der Waals surface area contributed by atoms with Crippen molar-refractivity contribution in [3.63, 3.8) is 0 Å². The Morgan fingerprint density at radius 1 is 1.11 bits per heavy atom. The van der Waals surface area contributed by atoms with Gasteiger partial charge in [0.15, 0.2) is 0 Å². The van der Waals surface area contributed by atoms with Gasteiger partial charge in [0.1, 0.15) is 0 Å². The minimum Gasteiger partial charge on any atom is -0.326 e. The van der Waals surface area contributed by atoms with Gasteiger partial charge in [-0.25, -0.2) is 0 Å². The van der Waals surface area contributed by atoms with Crippen molar-refractivity contribution >= 4 is 0 Å². The average Bonchev–Trinajstić information content (AvgIpc) is 2.37. The number of hydrogen-bond donors (Lipinski definition) is 1. The van der Waals surface area contributed by atoms with Gasteiger partial charge < -0.3 is 5.73 Å². The fourth-order valence-electron chi connectivity index (χ4n) is 2.88.